The van der Waals surface area contributed by atoms with Crippen LogP contribution in [0.15, 0.2) is 60.7 Å². The molecule has 30 heavy (non-hydrogen) atoms. The number of esters is 2. The second-order valence-electron chi connectivity index (χ2n) is 6.86. The van der Waals surface area contributed by atoms with Crippen LogP contribution in [-0.2, 0) is 31.2 Å². The Labute approximate surface area is 169 Å². The van der Waals surface area contributed by atoms with Crippen molar-refractivity contribution in [3.8, 4) is 5.75 Å². The average molecular weight is 419 g/mol. The summed E-state index contributed by atoms with van der Waals surface area (Å²) < 4.78 is 55.9. The molecular formula is C21H16F3NO5. The van der Waals surface area contributed by atoms with E-state index < -0.39 is 35.7 Å². The van der Waals surface area contributed by atoms with Gasteiger partial charge in [-0.3, -0.25) is 0 Å². The number of carbonyl (C=O) groups is 2. The van der Waals surface area contributed by atoms with Crippen molar-refractivity contribution >= 4 is 11.9 Å². The zero-order valence-electron chi connectivity index (χ0n) is 15.7. The highest BCUT2D eigenvalue weighted by molar-refractivity contribution is 5.93. The molecule has 0 fully saturated rings. The van der Waals surface area contributed by atoms with Crippen molar-refractivity contribution in [1.82, 2.24) is 4.90 Å². The first-order valence-corrected chi connectivity index (χ1v) is 8.97. The van der Waals surface area contributed by atoms with Gasteiger partial charge in [0.25, 0.3) is 0 Å². The van der Waals surface area contributed by atoms with E-state index in [1.807, 2.05) is 0 Å². The predicted octanol–water partition coefficient (Wildman–Crippen LogP) is 3.54. The van der Waals surface area contributed by atoms with Crippen molar-refractivity contribution in [3.63, 3.8) is 0 Å². The second kappa shape index (κ2) is 7.17. The van der Waals surface area contributed by atoms with Crippen molar-refractivity contribution in [2.75, 3.05) is 13.6 Å². The van der Waals surface area contributed by atoms with Crippen molar-refractivity contribution in [3.05, 3.63) is 77.4 Å². The molecule has 0 aromatic heterocycles. The van der Waals surface area contributed by atoms with E-state index in [1.165, 1.54) is 17.0 Å². The van der Waals surface area contributed by atoms with Gasteiger partial charge in [0.15, 0.2) is 0 Å². The number of hydrogen-bond donors (Lipinski definition) is 0. The average Bonchev–Trinajstić information content (AvgIpc) is 2.85. The molecular weight excluding hydrogens is 403 g/mol. The maximum absolute atomic E-state index is 13.0. The highest BCUT2D eigenvalue weighted by Gasteiger charge is 2.52. The van der Waals surface area contributed by atoms with Crippen LogP contribution in [0.3, 0.4) is 0 Å². The maximum Gasteiger partial charge on any atom is 0.416 e. The molecule has 0 radical (unpaired) electrons. The Morgan fingerprint density at radius 2 is 1.70 bits per heavy atom. The van der Waals surface area contributed by atoms with Gasteiger partial charge in [0, 0.05) is 24.3 Å². The van der Waals surface area contributed by atoms with E-state index in [-0.39, 0.29) is 12.3 Å². The molecule has 0 amide bonds. The molecule has 0 saturated heterocycles. The standard InChI is InChI=1S/C21H16F3NO5/c1-25-12-17(28-14-6-4-5-13(11-14)20(22,23)24)15-7-2-3-8-16(15)21(25)29-18(26)9-10-19(27)30-21/h2-11,17H,12H2,1H3. The topological polar surface area (TPSA) is 65.1 Å². The van der Waals surface area contributed by atoms with E-state index in [0.717, 1.165) is 24.3 Å². The molecule has 0 aliphatic carbocycles. The van der Waals surface area contributed by atoms with Crippen molar-refractivity contribution in [2.45, 2.75) is 18.2 Å². The third-order valence-electron chi connectivity index (χ3n) is 4.86. The van der Waals surface area contributed by atoms with Gasteiger partial charge < -0.3 is 14.2 Å². The second-order valence-corrected chi connectivity index (χ2v) is 6.86. The Hall–Kier alpha value is -3.33. The van der Waals surface area contributed by atoms with Gasteiger partial charge in [-0.25, -0.2) is 14.5 Å². The van der Waals surface area contributed by atoms with Gasteiger partial charge in [-0.15, -0.1) is 0 Å². The first-order valence-electron chi connectivity index (χ1n) is 8.97. The van der Waals surface area contributed by atoms with Gasteiger partial charge in [0.05, 0.1) is 11.1 Å². The molecule has 2 aromatic carbocycles. The van der Waals surface area contributed by atoms with Crippen molar-refractivity contribution in [2.24, 2.45) is 0 Å². The summed E-state index contributed by atoms with van der Waals surface area (Å²) in [5.74, 6) is -3.30. The van der Waals surface area contributed by atoms with Crippen molar-refractivity contribution in [1.29, 1.82) is 0 Å². The van der Waals surface area contributed by atoms with E-state index in [4.69, 9.17) is 14.2 Å². The minimum Gasteiger partial charge on any atom is -0.484 e. The van der Waals surface area contributed by atoms with Crippen LogP contribution in [0.5, 0.6) is 5.75 Å². The van der Waals surface area contributed by atoms with Crippen LogP contribution in [0.1, 0.15) is 22.8 Å². The largest absolute Gasteiger partial charge is 0.484 e. The fraction of sp³-hybridized carbons (Fsp3) is 0.238. The molecule has 156 valence electrons. The summed E-state index contributed by atoms with van der Waals surface area (Å²) in [5.41, 5.74) is 0.0447. The minimum absolute atomic E-state index is 0.0329. The third-order valence-corrected chi connectivity index (χ3v) is 4.86. The van der Waals surface area contributed by atoms with Gasteiger partial charge in [-0.05, 0) is 31.3 Å². The van der Waals surface area contributed by atoms with Gasteiger partial charge in [0.1, 0.15) is 11.9 Å². The molecule has 2 aromatic rings. The summed E-state index contributed by atoms with van der Waals surface area (Å²) in [6.07, 6.45) is -3.26. The molecule has 1 atom stereocenters. The maximum atomic E-state index is 13.0. The molecule has 0 N–H and O–H groups in total. The smallest absolute Gasteiger partial charge is 0.416 e. The first-order chi connectivity index (χ1) is 14.2. The Morgan fingerprint density at radius 3 is 2.37 bits per heavy atom. The van der Waals surface area contributed by atoms with E-state index in [1.54, 1.807) is 31.3 Å². The Balaban J connectivity index is 1.73. The van der Waals surface area contributed by atoms with E-state index in [2.05, 4.69) is 0 Å². The van der Waals surface area contributed by atoms with Gasteiger partial charge in [-0.2, -0.15) is 13.2 Å². The number of hydrogen-bond acceptors (Lipinski definition) is 6. The molecule has 2 aliphatic heterocycles. The third kappa shape index (κ3) is 3.52. The Kier molecular flexibility index (Phi) is 4.77. The number of carbonyl (C=O) groups excluding carboxylic acids is 2. The number of likely N-dealkylation sites (N-methyl/N-ethyl adjacent to an activating group) is 1. The van der Waals surface area contributed by atoms with Crippen LogP contribution in [0.25, 0.3) is 0 Å². The summed E-state index contributed by atoms with van der Waals surface area (Å²) in [5, 5.41) is 0. The lowest BCUT2D eigenvalue weighted by Crippen LogP contribution is -2.55. The first kappa shape index (κ1) is 20.0. The molecule has 4 rings (SSSR count). The summed E-state index contributed by atoms with van der Waals surface area (Å²) in [6.45, 7) is 0.0772. The highest BCUT2D eigenvalue weighted by atomic mass is 19.4. The summed E-state index contributed by atoms with van der Waals surface area (Å²) in [4.78, 5) is 25.6. The van der Waals surface area contributed by atoms with Crippen LogP contribution in [0, 0.1) is 0 Å². The zero-order chi connectivity index (χ0) is 21.5. The SMILES string of the molecule is CN1CC(Oc2cccc(C(F)(F)F)c2)c2ccccc2C12OC(=O)C=CC(=O)O2. The minimum atomic E-state index is -4.50. The molecule has 9 heteroatoms. The molecule has 0 bridgehead atoms. The quantitative estimate of drug-likeness (QED) is 0.694. The molecule has 1 spiro atoms. The van der Waals surface area contributed by atoms with E-state index in [9.17, 15) is 22.8 Å². The van der Waals surface area contributed by atoms with Gasteiger partial charge >= 0.3 is 24.0 Å². The molecule has 2 heterocycles. The normalized spacial score (nSPS) is 20.9. The number of nitrogens with zero attached hydrogens (tertiary/aromatic N) is 1. The number of fused-ring (bicyclic) bond motifs is 2. The summed E-state index contributed by atoms with van der Waals surface area (Å²) in [6, 6.07) is 11.2. The number of alkyl halides is 3. The lowest BCUT2D eigenvalue weighted by atomic mass is 9.93. The molecule has 6 nitrogen and oxygen atoms in total. The van der Waals surface area contributed by atoms with E-state index in [0.29, 0.717) is 11.1 Å². The van der Waals surface area contributed by atoms with E-state index >= 15 is 0 Å². The number of ether oxygens (including phenoxy) is 3. The molecule has 0 saturated carbocycles. The van der Waals surface area contributed by atoms with Crippen LogP contribution in [0.4, 0.5) is 13.2 Å². The number of benzene rings is 2. The Morgan fingerprint density at radius 1 is 1.03 bits per heavy atom. The van der Waals surface area contributed by atoms with Gasteiger partial charge in [0.2, 0.25) is 0 Å². The van der Waals surface area contributed by atoms with Crippen molar-refractivity contribution < 1.29 is 37.0 Å². The molecule has 1 unspecified atom stereocenters. The number of rotatable bonds is 2. The highest BCUT2D eigenvalue weighted by Crippen LogP contribution is 2.43. The molecule has 2 aliphatic rings. The fourth-order valence-electron chi connectivity index (χ4n) is 3.51. The lowest BCUT2D eigenvalue weighted by molar-refractivity contribution is -0.294. The van der Waals surface area contributed by atoms with Crippen LogP contribution < -0.4 is 4.74 Å². The van der Waals surface area contributed by atoms with Gasteiger partial charge in [-0.1, -0.05) is 24.3 Å². The van der Waals surface area contributed by atoms with Crippen LogP contribution in [0.2, 0.25) is 0 Å². The summed E-state index contributed by atoms with van der Waals surface area (Å²) in [7, 11) is 1.56. The van der Waals surface area contributed by atoms with Crippen LogP contribution in [-0.4, -0.2) is 30.4 Å². The monoisotopic (exact) mass is 419 g/mol. The zero-order valence-corrected chi connectivity index (χ0v) is 15.7. The number of halogens is 3. The Bertz CT molecular complexity index is 1010. The fourth-order valence-corrected chi connectivity index (χ4v) is 3.51. The van der Waals surface area contributed by atoms with Crippen LogP contribution >= 0.6 is 0 Å². The lowest BCUT2D eigenvalue weighted by Gasteiger charge is -2.44. The predicted molar refractivity (Wildman–Crippen MR) is 96.9 cm³/mol. The summed E-state index contributed by atoms with van der Waals surface area (Å²) >= 11 is 0.